The summed E-state index contributed by atoms with van der Waals surface area (Å²) in [5, 5.41) is 0. The van der Waals surface area contributed by atoms with Crippen molar-refractivity contribution in [3.05, 3.63) is 0 Å². The van der Waals surface area contributed by atoms with Crippen LogP contribution in [0.3, 0.4) is 0 Å². The second-order valence-corrected chi connectivity index (χ2v) is 2.17. The molecule has 0 radical (unpaired) electrons. The molecular weight excluding hydrogens is 258 g/mol. The summed E-state index contributed by atoms with van der Waals surface area (Å²) >= 11 is 0. The monoisotopic (exact) mass is 258 g/mol. The fraction of sp³-hybridized carbons (Fsp3) is 0.250. The number of carbonyl (C=O) groups excluding carboxylic acids is 2. The molecule has 0 saturated heterocycles. The van der Waals surface area contributed by atoms with E-state index in [2.05, 4.69) is 4.74 Å². The smallest absolute Gasteiger partial charge is 0.373 e. The van der Waals surface area contributed by atoms with Crippen LogP contribution >= 0.6 is 0 Å². The predicted molar refractivity (Wildman–Crippen MR) is 38.8 cm³/mol. The number of halogens is 6. The van der Waals surface area contributed by atoms with Crippen LogP contribution in [0.2, 0.25) is 0 Å². The van der Waals surface area contributed by atoms with Gasteiger partial charge in [0.15, 0.2) is 0 Å². The van der Waals surface area contributed by atoms with Crippen LogP contribution in [0.15, 0.2) is 0 Å². The average molecular weight is 258 g/mol. The van der Waals surface area contributed by atoms with Gasteiger partial charge in [0.2, 0.25) is 0 Å². The SMILES string of the molecule is O=C(C#CC(F)(F)F)OC(=O)C#CC(F)(F)F. The van der Waals surface area contributed by atoms with Crippen molar-refractivity contribution in [3.8, 4) is 23.7 Å². The molecule has 17 heavy (non-hydrogen) atoms. The number of rotatable bonds is 0. The Hall–Kier alpha value is -2.16. The van der Waals surface area contributed by atoms with Crippen LogP contribution in [0.25, 0.3) is 0 Å². The van der Waals surface area contributed by atoms with Crippen molar-refractivity contribution in [2.45, 2.75) is 12.4 Å². The normalized spacial score (nSPS) is 10.5. The van der Waals surface area contributed by atoms with Crippen LogP contribution in [-0.2, 0) is 14.3 Å². The Morgan fingerprint density at radius 2 is 1.06 bits per heavy atom. The van der Waals surface area contributed by atoms with Gasteiger partial charge in [-0.25, -0.2) is 9.59 Å². The van der Waals surface area contributed by atoms with Gasteiger partial charge in [-0.3, -0.25) is 0 Å². The molecule has 0 unspecified atom stereocenters. The molecule has 0 fully saturated rings. The lowest BCUT2D eigenvalue weighted by Gasteiger charge is -1.93. The first-order chi connectivity index (χ1) is 7.49. The summed E-state index contributed by atoms with van der Waals surface area (Å²) in [6.07, 6.45) is -9.97. The minimum Gasteiger partial charge on any atom is -0.373 e. The molecule has 0 atom stereocenters. The van der Waals surface area contributed by atoms with Gasteiger partial charge in [-0.2, -0.15) is 26.3 Å². The van der Waals surface area contributed by atoms with E-state index in [1.807, 2.05) is 0 Å². The molecule has 0 amide bonds. The summed E-state index contributed by atoms with van der Waals surface area (Å²) in [5.74, 6) is -1.32. The Balaban J connectivity index is 4.45. The largest absolute Gasteiger partial charge is 0.458 e. The average Bonchev–Trinajstić information content (AvgIpc) is 2.09. The number of carbonyl (C=O) groups is 2. The molecule has 0 aromatic heterocycles. The van der Waals surface area contributed by atoms with Crippen molar-refractivity contribution in [3.63, 3.8) is 0 Å². The van der Waals surface area contributed by atoms with E-state index in [9.17, 15) is 35.9 Å². The Morgan fingerprint density at radius 1 is 0.765 bits per heavy atom. The first-order valence-corrected chi connectivity index (χ1v) is 3.45. The lowest BCUT2D eigenvalue weighted by molar-refractivity contribution is -0.151. The Labute approximate surface area is 89.7 Å². The van der Waals surface area contributed by atoms with Crippen LogP contribution in [0, 0.1) is 23.7 Å². The number of ether oxygens (including phenoxy) is 1. The van der Waals surface area contributed by atoms with Crippen molar-refractivity contribution in [1.82, 2.24) is 0 Å². The molecule has 0 aliphatic carbocycles. The number of esters is 2. The molecule has 0 bridgehead atoms. The van der Waals surface area contributed by atoms with Crippen molar-refractivity contribution in [2.75, 3.05) is 0 Å². The second-order valence-electron chi connectivity index (χ2n) is 2.17. The lowest BCUT2D eigenvalue weighted by atomic mass is 10.5. The highest BCUT2D eigenvalue weighted by atomic mass is 19.4. The van der Waals surface area contributed by atoms with E-state index in [4.69, 9.17) is 0 Å². The fourth-order valence-corrected chi connectivity index (χ4v) is 0.379. The van der Waals surface area contributed by atoms with E-state index in [-0.39, 0.29) is 0 Å². The molecule has 9 heteroatoms. The lowest BCUT2D eigenvalue weighted by Crippen LogP contribution is -2.11. The zero-order valence-corrected chi connectivity index (χ0v) is 7.49. The van der Waals surface area contributed by atoms with E-state index in [1.54, 1.807) is 0 Å². The zero-order valence-electron chi connectivity index (χ0n) is 7.49. The number of hydrogen-bond acceptors (Lipinski definition) is 3. The summed E-state index contributed by atoms with van der Waals surface area (Å²) in [4.78, 5) is 20.7. The van der Waals surface area contributed by atoms with E-state index < -0.39 is 24.3 Å². The third-order valence-corrected chi connectivity index (χ3v) is 0.798. The summed E-state index contributed by atoms with van der Waals surface area (Å²) in [6, 6.07) is 0. The summed E-state index contributed by atoms with van der Waals surface area (Å²) in [6.45, 7) is 0. The maximum Gasteiger partial charge on any atom is 0.458 e. The fourth-order valence-electron chi connectivity index (χ4n) is 0.379. The van der Waals surface area contributed by atoms with Gasteiger partial charge >= 0.3 is 24.3 Å². The summed E-state index contributed by atoms with van der Waals surface area (Å²) < 4.78 is 71.9. The molecule has 0 saturated carbocycles. The molecule has 0 heterocycles. The molecule has 92 valence electrons. The maximum atomic E-state index is 11.4. The minimum atomic E-state index is -4.99. The van der Waals surface area contributed by atoms with Crippen molar-refractivity contribution in [2.24, 2.45) is 0 Å². The molecular formula is C8F6O3. The highest BCUT2D eigenvalue weighted by molar-refractivity contribution is 6.02. The molecule has 0 aromatic rings. The van der Waals surface area contributed by atoms with Gasteiger partial charge < -0.3 is 4.74 Å². The molecule has 3 nitrogen and oxygen atoms in total. The van der Waals surface area contributed by atoms with Crippen LogP contribution in [0.4, 0.5) is 26.3 Å². The third kappa shape index (κ3) is 10.1. The number of hydrogen-bond donors (Lipinski definition) is 0. The van der Waals surface area contributed by atoms with Gasteiger partial charge in [0.1, 0.15) is 0 Å². The van der Waals surface area contributed by atoms with Crippen LogP contribution in [-0.4, -0.2) is 24.3 Å². The topological polar surface area (TPSA) is 43.4 Å². The van der Waals surface area contributed by atoms with E-state index in [0.717, 1.165) is 11.8 Å². The van der Waals surface area contributed by atoms with Crippen molar-refractivity contribution in [1.29, 1.82) is 0 Å². The Bertz CT molecular complexity index is 394. The van der Waals surface area contributed by atoms with Gasteiger partial charge in [-0.05, 0) is 0 Å². The van der Waals surface area contributed by atoms with Crippen LogP contribution in [0.1, 0.15) is 0 Å². The quantitative estimate of drug-likeness (QED) is 0.215. The molecule has 0 rings (SSSR count). The molecule has 0 aliphatic heterocycles. The third-order valence-electron chi connectivity index (χ3n) is 0.798. The maximum absolute atomic E-state index is 11.4. The molecule has 0 aromatic carbocycles. The highest BCUT2D eigenvalue weighted by Gasteiger charge is 2.25. The highest BCUT2D eigenvalue weighted by Crippen LogP contribution is 2.12. The number of alkyl halides is 6. The molecule has 0 N–H and O–H groups in total. The standard InChI is InChI=1S/C8F6O3/c9-7(10,11)3-1-5(15)17-6(16)2-4-8(12,13)14. The van der Waals surface area contributed by atoms with Gasteiger partial charge in [0.25, 0.3) is 0 Å². The van der Waals surface area contributed by atoms with Gasteiger partial charge in [0.05, 0.1) is 0 Å². The van der Waals surface area contributed by atoms with Crippen molar-refractivity contribution < 1.29 is 40.7 Å². The van der Waals surface area contributed by atoms with E-state index >= 15 is 0 Å². The first kappa shape index (κ1) is 14.8. The Kier molecular flexibility index (Phi) is 4.59. The summed E-state index contributed by atoms with van der Waals surface area (Å²) in [7, 11) is 0. The Morgan fingerprint density at radius 3 is 1.29 bits per heavy atom. The van der Waals surface area contributed by atoms with Gasteiger partial charge in [-0.1, -0.05) is 0 Å². The minimum absolute atomic E-state index is 0.452. The molecule has 0 spiro atoms. The summed E-state index contributed by atoms with van der Waals surface area (Å²) in [5.41, 5.74) is 0. The van der Waals surface area contributed by atoms with Gasteiger partial charge in [0, 0.05) is 23.7 Å². The van der Waals surface area contributed by atoms with E-state index in [1.165, 1.54) is 0 Å². The van der Waals surface area contributed by atoms with E-state index in [0.29, 0.717) is 11.8 Å². The predicted octanol–water partition coefficient (Wildman–Crippen LogP) is 1.19. The van der Waals surface area contributed by atoms with Crippen LogP contribution < -0.4 is 0 Å². The zero-order chi connectivity index (χ0) is 13.7. The van der Waals surface area contributed by atoms with Crippen LogP contribution in [0.5, 0.6) is 0 Å². The molecule has 0 aliphatic rings. The second kappa shape index (κ2) is 5.25. The van der Waals surface area contributed by atoms with Crippen molar-refractivity contribution >= 4 is 11.9 Å². The first-order valence-electron chi connectivity index (χ1n) is 3.45. The van der Waals surface area contributed by atoms with Gasteiger partial charge in [-0.15, -0.1) is 0 Å².